The topological polar surface area (TPSA) is 24.7 Å². The fourth-order valence-corrected chi connectivity index (χ4v) is 3.32. The fraction of sp³-hybridized carbons (Fsp3) is 0.417. The minimum Gasteiger partial charge on any atom is -0.207 e. The molecule has 0 saturated carbocycles. The summed E-state index contributed by atoms with van der Waals surface area (Å²) in [4.78, 5) is 0. The third-order valence-electron chi connectivity index (χ3n) is 4.92. The van der Waals surface area contributed by atoms with Crippen molar-refractivity contribution in [3.63, 3.8) is 0 Å². The van der Waals surface area contributed by atoms with E-state index in [1.54, 1.807) is 6.21 Å². The number of rotatable bonds is 10. The summed E-state index contributed by atoms with van der Waals surface area (Å²) in [5.74, 6) is -1.10. The Morgan fingerprint density at radius 3 is 2.00 bits per heavy atom. The van der Waals surface area contributed by atoms with Crippen LogP contribution in [0.4, 0.5) is 8.78 Å². The molecule has 0 aromatic heterocycles. The average molecular weight is 385 g/mol. The quantitative estimate of drug-likeness (QED) is 0.310. The Bertz CT molecular complexity index is 772. The van der Waals surface area contributed by atoms with Crippen molar-refractivity contribution in [1.29, 1.82) is 0 Å². The highest BCUT2D eigenvalue weighted by Crippen LogP contribution is 2.30. The zero-order valence-corrected chi connectivity index (χ0v) is 17.1. The molecular formula is C24H30F2N2. The van der Waals surface area contributed by atoms with E-state index in [9.17, 15) is 8.78 Å². The molecule has 2 nitrogen and oxygen atoms in total. The third kappa shape index (κ3) is 6.36. The van der Waals surface area contributed by atoms with Crippen LogP contribution < -0.4 is 0 Å². The number of unbranched alkanes of at least 4 members (excludes halogenated alkanes) is 1. The largest absolute Gasteiger partial charge is 0.207 e. The Labute approximate surface area is 167 Å². The fourth-order valence-electron chi connectivity index (χ4n) is 3.32. The molecule has 0 bridgehead atoms. The lowest BCUT2D eigenvalue weighted by Gasteiger charge is -2.16. The van der Waals surface area contributed by atoms with Crippen LogP contribution >= 0.6 is 0 Å². The highest BCUT2D eigenvalue weighted by Gasteiger charge is 2.18. The number of hydrogen-bond acceptors (Lipinski definition) is 2. The van der Waals surface area contributed by atoms with Crippen molar-refractivity contribution in [2.75, 3.05) is 0 Å². The summed E-state index contributed by atoms with van der Waals surface area (Å²) in [5, 5.41) is 7.92. The standard InChI is InChI=1S/C24H30F2N2/c1-4-7-9-18-10-12-19(13-11-18)16-27-28-17-20-14-22(25)24(23(26)15-20)21(6-3)8-5-2/h10-17,21H,4-9H2,1-3H3/b27-16+,28-17+. The van der Waals surface area contributed by atoms with Crippen LogP contribution in [0.15, 0.2) is 46.6 Å². The second-order valence-electron chi connectivity index (χ2n) is 7.13. The van der Waals surface area contributed by atoms with Gasteiger partial charge in [-0.15, -0.1) is 0 Å². The van der Waals surface area contributed by atoms with Gasteiger partial charge in [-0.05, 0) is 54.9 Å². The lowest BCUT2D eigenvalue weighted by Crippen LogP contribution is -2.05. The summed E-state index contributed by atoms with van der Waals surface area (Å²) in [6.45, 7) is 6.16. The monoisotopic (exact) mass is 384 g/mol. The molecule has 1 unspecified atom stereocenters. The van der Waals surface area contributed by atoms with Crippen molar-refractivity contribution in [2.24, 2.45) is 10.2 Å². The van der Waals surface area contributed by atoms with Crippen molar-refractivity contribution in [1.82, 2.24) is 0 Å². The van der Waals surface area contributed by atoms with E-state index >= 15 is 0 Å². The van der Waals surface area contributed by atoms with Crippen molar-refractivity contribution in [3.8, 4) is 0 Å². The van der Waals surface area contributed by atoms with Gasteiger partial charge >= 0.3 is 0 Å². The predicted octanol–water partition coefficient (Wildman–Crippen LogP) is 7.05. The molecule has 0 heterocycles. The van der Waals surface area contributed by atoms with Gasteiger partial charge in [0, 0.05) is 11.1 Å². The predicted molar refractivity (Wildman–Crippen MR) is 115 cm³/mol. The number of hydrogen-bond donors (Lipinski definition) is 0. The highest BCUT2D eigenvalue weighted by atomic mass is 19.1. The minimum absolute atomic E-state index is 0.0886. The van der Waals surface area contributed by atoms with Crippen LogP contribution in [0.2, 0.25) is 0 Å². The first-order chi connectivity index (χ1) is 13.6. The molecule has 0 saturated heterocycles. The molecule has 4 heteroatoms. The van der Waals surface area contributed by atoms with E-state index in [4.69, 9.17) is 0 Å². The normalized spacial score (nSPS) is 12.9. The molecule has 2 rings (SSSR count). The summed E-state index contributed by atoms with van der Waals surface area (Å²) in [6, 6.07) is 10.8. The number of nitrogens with zero attached hydrogens (tertiary/aromatic N) is 2. The van der Waals surface area contributed by atoms with Gasteiger partial charge in [0.25, 0.3) is 0 Å². The van der Waals surface area contributed by atoms with Gasteiger partial charge in [0.15, 0.2) is 0 Å². The Balaban J connectivity index is 2.04. The van der Waals surface area contributed by atoms with Crippen LogP contribution in [-0.2, 0) is 6.42 Å². The zero-order chi connectivity index (χ0) is 20.4. The van der Waals surface area contributed by atoms with Gasteiger partial charge in [-0.25, -0.2) is 8.78 Å². The minimum atomic E-state index is -0.506. The molecular weight excluding hydrogens is 354 g/mol. The smallest absolute Gasteiger partial charge is 0.130 e. The molecule has 2 aromatic carbocycles. The van der Waals surface area contributed by atoms with Gasteiger partial charge < -0.3 is 0 Å². The first-order valence-electron chi connectivity index (χ1n) is 10.2. The van der Waals surface area contributed by atoms with Crippen LogP contribution in [0, 0.1) is 11.6 Å². The Hall–Kier alpha value is -2.36. The number of halogens is 2. The first kappa shape index (κ1) is 21.9. The maximum Gasteiger partial charge on any atom is 0.130 e. The van der Waals surface area contributed by atoms with Crippen LogP contribution in [0.5, 0.6) is 0 Å². The molecule has 0 aliphatic rings. The van der Waals surface area contributed by atoms with Crippen LogP contribution in [0.3, 0.4) is 0 Å². The summed E-state index contributed by atoms with van der Waals surface area (Å²) in [5.41, 5.74) is 2.81. The van der Waals surface area contributed by atoms with Crippen molar-refractivity contribution >= 4 is 12.4 Å². The van der Waals surface area contributed by atoms with E-state index in [-0.39, 0.29) is 11.5 Å². The molecule has 0 spiro atoms. The molecule has 0 amide bonds. The van der Waals surface area contributed by atoms with Gasteiger partial charge in [-0.3, -0.25) is 0 Å². The maximum atomic E-state index is 14.4. The van der Waals surface area contributed by atoms with Gasteiger partial charge in [0.2, 0.25) is 0 Å². The number of benzene rings is 2. The van der Waals surface area contributed by atoms with Crippen molar-refractivity contribution in [3.05, 3.63) is 70.3 Å². The summed E-state index contributed by atoms with van der Waals surface area (Å²) >= 11 is 0. The molecule has 0 N–H and O–H groups in total. The second-order valence-corrected chi connectivity index (χ2v) is 7.13. The Morgan fingerprint density at radius 1 is 0.857 bits per heavy atom. The summed E-state index contributed by atoms with van der Waals surface area (Å²) in [6.07, 6.45) is 8.85. The molecule has 0 radical (unpaired) electrons. The number of aryl methyl sites for hydroxylation is 1. The lowest BCUT2D eigenvalue weighted by molar-refractivity contribution is 0.495. The molecule has 0 aliphatic heterocycles. The molecule has 0 aliphatic carbocycles. The van der Waals surface area contributed by atoms with Crippen molar-refractivity contribution in [2.45, 2.75) is 65.2 Å². The van der Waals surface area contributed by atoms with E-state index in [2.05, 4.69) is 29.3 Å². The van der Waals surface area contributed by atoms with Gasteiger partial charge in [-0.2, -0.15) is 10.2 Å². The van der Waals surface area contributed by atoms with E-state index in [0.717, 1.165) is 31.2 Å². The van der Waals surface area contributed by atoms with E-state index < -0.39 is 11.6 Å². The second kappa shape index (κ2) is 11.5. The van der Waals surface area contributed by atoms with Crippen LogP contribution in [0.1, 0.15) is 81.0 Å². The summed E-state index contributed by atoms with van der Waals surface area (Å²) < 4.78 is 28.9. The van der Waals surface area contributed by atoms with Gasteiger partial charge in [-0.1, -0.05) is 57.9 Å². The lowest BCUT2D eigenvalue weighted by atomic mass is 9.90. The maximum absolute atomic E-state index is 14.4. The van der Waals surface area contributed by atoms with Crippen LogP contribution in [0.25, 0.3) is 0 Å². The van der Waals surface area contributed by atoms with E-state index in [1.165, 1.54) is 36.8 Å². The molecule has 150 valence electrons. The highest BCUT2D eigenvalue weighted by molar-refractivity contribution is 5.82. The molecule has 1 atom stereocenters. The van der Waals surface area contributed by atoms with Crippen molar-refractivity contribution < 1.29 is 8.78 Å². The molecule has 28 heavy (non-hydrogen) atoms. The molecule has 2 aromatic rings. The molecule has 0 fully saturated rings. The average Bonchev–Trinajstić information content (AvgIpc) is 2.69. The van der Waals surface area contributed by atoms with Crippen LogP contribution in [-0.4, -0.2) is 12.4 Å². The zero-order valence-electron chi connectivity index (χ0n) is 17.1. The SMILES string of the molecule is CCCCc1ccc(/C=N/N=C/c2cc(F)c(C(CC)CCC)c(F)c2)cc1. The first-order valence-corrected chi connectivity index (χ1v) is 10.2. The Kier molecular flexibility index (Phi) is 8.99. The Morgan fingerprint density at radius 2 is 1.46 bits per heavy atom. The third-order valence-corrected chi connectivity index (χ3v) is 4.92. The van der Waals surface area contributed by atoms with Gasteiger partial charge in [0.05, 0.1) is 12.4 Å². The van der Waals surface area contributed by atoms with E-state index in [0.29, 0.717) is 5.56 Å². The summed E-state index contributed by atoms with van der Waals surface area (Å²) in [7, 11) is 0. The van der Waals surface area contributed by atoms with E-state index in [1.807, 2.05) is 26.0 Å². The van der Waals surface area contributed by atoms with Gasteiger partial charge in [0.1, 0.15) is 11.6 Å².